The summed E-state index contributed by atoms with van der Waals surface area (Å²) in [5.41, 5.74) is 0. The summed E-state index contributed by atoms with van der Waals surface area (Å²) in [7, 11) is 1.86. The Bertz CT molecular complexity index is 274. The Hall–Kier alpha value is -0.300. The minimum Gasteiger partial charge on any atom is -0.302 e. The Morgan fingerprint density at radius 2 is 2.55 bits per heavy atom. The van der Waals surface area contributed by atoms with Crippen LogP contribution in [0.4, 0.5) is 0 Å². The van der Waals surface area contributed by atoms with Gasteiger partial charge in [0.25, 0.3) is 0 Å². The number of terminal acetylenes is 1. The van der Waals surface area contributed by atoms with Crippen LogP contribution >= 0.6 is 27.3 Å². The molecule has 1 nitrogen and oxygen atoms in total. The molecule has 0 amide bonds. The van der Waals surface area contributed by atoms with E-state index in [9.17, 15) is 0 Å². The molecule has 3 heteroatoms. The molecule has 1 rings (SSSR count). The van der Waals surface area contributed by atoms with Crippen molar-refractivity contribution in [3.63, 3.8) is 0 Å². The van der Waals surface area contributed by atoms with Crippen molar-refractivity contribution in [3.05, 3.63) is 20.8 Å². The molecule has 11 heavy (non-hydrogen) atoms. The lowest BCUT2D eigenvalue weighted by Gasteiger charge is -2.06. The van der Waals surface area contributed by atoms with Crippen LogP contribution in [0.3, 0.4) is 0 Å². The molecule has 0 aliphatic heterocycles. The van der Waals surface area contributed by atoms with E-state index < -0.39 is 0 Å². The molecule has 0 saturated heterocycles. The molecule has 0 aromatic carbocycles. The van der Waals surface area contributed by atoms with Crippen LogP contribution in [0.1, 0.15) is 10.9 Å². The monoisotopic (exact) mass is 229 g/mol. The number of hydrogen-bond donors (Lipinski definition) is 1. The van der Waals surface area contributed by atoms with Crippen molar-refractivity contribution in [1.82, 2.24) is 5.32 Å². The highest BCUT2D eigenvalue weighted by molar-refractivity contribution is 9.10. The van der Waals surface area contributed by atoms with Gasteiger partial charge >= 0.3 is 0 Å². The minimum atomic E-state index is 0.0318. The smallest absolute Gasteiger partial charge is 0.104 e. The fourth-order valence-corrected chi connectivity index (χ4v) is 2.47. The second-order valence-electron chi connectivity index (χ2n) is 2.02. The van der Waals surface area contributed by atoms with E-state index in [1.54, 1.807) is 11.3 Å². The Kier molecular flexibility index (Phi) is 3.13. The largest absolute Gasteiger partial charge is 0.302 e. The highest BCUT2D eigenvalue weighted by Crippen LogP contribution is 2.28. The molecule has 1 aromatic rings. The summed E-state index contributed by atoms with van der Waals surface area (Å²) in [4.78, 5) is 1.16. The van der Waals surface area contributed by atoms with Crippen LogP contribution in [0.2, 0.25) is 0 Å². The number of nitrogens with one attached hydrogen (secondary N) is 1. The van der Waals surface area contributed by atoms with Gasteiger partial charge in [-0.3, -0.25) is 0 Å². The molecule has 58 valence electrons. The third-order valence-electron chi connectivity index (χ3n) is 1.36. The zero-order valence-corrected chi connectivity index (χ0v) is 8.50. The third-order valence-corrected chi connectivity index (χ3v) is 3.30. The molecule has 1 unspecified atom stereocenters. The van der Waals surface area contributed by atoms with E-state index in [1.807, 2.05) is 18.5 Å². The quantitative estimate of drug-likeness (QED) is 0.769. The molecule has 0 aliphatic rings. The second-order valence-corrected chi connectivity index (χ2v) is 3.82. The van der Waals surface area contributed by atoms with Gasteiger partial charge in [0.05, 0.1) is 0 Å². The number of thiophene rings is 1. The molecule has 0 aliphatic carbocycles. The van der Waals surface area contributed by atoms with Crippen LogP contribution in [0.25, 0.3) is 0 Å². The Morgan fingerprint density at radius 3 is 2.91 bits per heavy atom. The zero-order valence-electron chi connectivity index (χ0n) is 6.10. The number of halogens is 1. The lowest BCUT2D eigenvalue weighted by Crippen LogP contribution is -2.12. The average Bonchev–Trinajstić information content (AvgIpc) is 2.40. The van der Waals surface area contributed by atoms with E-state index in [0.717, 1.165) is 9.35 Å². The van der Waals surface area contributed by atoms with Gasteiger partial charge in [0.1, 0.15) is 6.04 Å². The molecule has 0 fully saturated rings. The number of rotatable bonds is 2. The number of hydrogen-bond acceptors (Lipinski definition) is 2. The summed E-state index contributed by atoms with van der Waals surface area (Å²) in [6.07, 6.45) is 5.32. The highest BCUT2D eigenvalue weighted by Gasteiger charge is 2.09. The fourth-order valence-electron chi connectivity index (χ4n) is 0.802. The normalized spacial score (nSPS) is 12.5. The first-order valence-corrected chi connectivity index (χ1v) is 4.83. The van der Waals surface area contributed by atoms with Gasteiger partial charge < -0.3 is 5.32 Å². The minimum absolute atomic E-state index is 0.0318. The zero-order chi connectivity index (χ0) is 8.27. The van der Waals surface area contributed by atoms with Crippen molar-refractivity contribution >= 4 is 27.3 Å². The van der Waals surface area contributed by atoms with Gasteiger partial charge in [0, 0.05) is 9.35 Å². The molecule has 1 heterocycles. The standard InChI is InChI=1S/C8H8BrNS/c1-3-7(10-2)8-6(9)4-5-11-8/h1,4-5,7,10H,2H3. The Labute approximate surface area is 78.9 Å². The average molecular weight is 230 g/mol. The van der Waals surface area contributed by atoms with Crippen molar-refractivity contribution in [2.24, 2.45) is 0 Å². The lowest BCUT2D eigenvalue weighted by molar-refractivity contribution is 0.747. The molecule has 0 radical (unpaired) electrons. The van der Waals surface area contributed by atoms with E-state index in [-0.39, 0.29) is 6.04 Å². The van der Waals surface area contributed by atoms with Crippen molar-refractivity contribution in [1.29, 1.82) is 0 Å². The van der Waals surface area contributed by atoms with E-state index in [0.29, 0.717) is 0 Å². The maximum atomic E-state index is 5.32. The summed E-state index contributed by atoms with van der Waals surface area (Å²) < 4.78 is 1.08. The third kappa shape index (κ3) is 1.84. The SMILES string of the molecule is C#CC(NC)c1sccc1Br. The van der Waals surface area contributed by atoms with E-state index in [1.165, 1.54) is 0 Å². The van der Waals surface area contributed by atoms with Crippen LogP contribution in [0.15, 0.2) is 15.9 Å². The van der Waals surface area contributed by atoms with Gasteiger partial charge in [-0.05, 0) is 34.4 Å². The molecular formula is C8H8BrNS. The van der Waals surface area contributed by atoms with Gasteiger partial charge in [-0.2, -0.15) is 0 Å². The van der Waals surface area contributed by atoms with Crippen LogP contribution in [0, 0.1) is 12.3 Å². The molecule has 0 bridgehead atoms. The lowest BCUT2D eigenvalue weighted by atomic mass is 10.2. The van der Waals surface area contributed by atoms with Crippen LogP contribution in [-0.4, -0.2) is 7.05 Å². The van der Waals surface area contributed by atoms with Gasteiger partial charge in [-0.25, -0.2) is 0 Å². The van der Waals surface area contributed by atoms with Crippen molar-refractivity contribution in [2.45, 2.75) is 6.04 Å². The molecule has 1 atom stereocenters. The highest BCUT2D eigenvalue weighted by atomic mass is 79.9. The van der Waals surface area contributed by atoms with Crippen molar-refractivity contribution in [3.8, 4) is 12.3 Å². The van der Waals surface area contributed by atoms with Gasteiger partial charge in [0.15, 0.2) is 0 Å². The van der Waals surface area contributed by atoms with E-state index >= 15 is 0 Å². The van der Waals surface area contributed by atoms with Crippen LogP contribution in [-0.2, 0) is 0 Å². The summed E-state index contributed by atoms with van der Waals surface area (Å²) in [5, 5.41) is 5.05. The van der Waals surface area contributed by atoms with E-state index in [2.05, 4.69) is 27.2 Å². The molecule has 0 spiro atoms. The maximum Gasteiger partial charge on any atom is 0.104 e. The Balaban J connectivity index is 2.92. The molecular weight excluding hydrogens is 222 g/mol. The van der Waals surface area contributed by atoms with Gasteiger partial charge in [-0.15, -0.1) is 17.8 Å². The van der Waals surface area contributed by atoms with Gasteiger partial charge in [-0.1, -0.05) is 5.92 Å². The summed E-state index contributed by atoms with van der Waals surface area (Å²) in [6.45, 7) is 0. The first kappa shape index (κ1) is 8.79. The maximum absolute atomic E-state index is 5.32. The summed E-state index contributed by atoms with van der Waals surface area (Å²) in [5.74, 6) is 2.66. The van der Waals surface area contributed by atoms with Crippen LogP contribution < -0.4 is 5.32 Å². The van der Waals surface area contributed by atoms with Crippen molar-refractivity contribution in [2.75, 3.05) is 7.05 Å². The molecule has 1 aromatic heterocycles. The van der Waals surface area contributed by atoms with E-state index in [4.69, 9.17) is 6.42 Å². The van der Waals surface area contributed by atoms with Crippen molar-refractivity contribution < 1.29 is 0 Å². The topological polar surface area (TPSA) is 12.0 Å². The van der Waals surface area contributed by atoms with Gasteiger partial charge in [0.2, 0.25) is 0 Å². The molecule has 1 N–H and O–H groups in total. The first-order chi connectivity index (χ1) is 5.29. The fraction of sp³-hybridized carbons (Fsp3) is 0.250. The Morgan fingerprint density at radius 1 is 1.82 bits per heavy atom. The summed E-state index contributed by atoms with van der Waals surface area (Å²) in [6, 6.07) is 2.03. The predicted molar refractivity (Wildman–Crippen MR) is 52.7 cm³/mol. The summed E-state index contributed by atoms with van der Waals surface area (Å²) >= 11 is 5.08. The first-order valence-electron chi connectivity index (χ1n) is 3.16. The predicted octanol–water partition coefficient (Wildman–Crippen LogP) is 2.40. The van der Waals surface area contributed by atoms with Crippen LogP contribution in [0.5, 0.6) is 0 Å². The molecule has 0 saturated carbocycles. The second kappa shape index (κ2) is 3.91.